The first kappa shape index (κ1) is 22.3. The van der Waals surface area contributed by atoms with E-state index < -0.39 is 30.1 Å². The van der Waals surface area contributed by atoms with Crippen molar-refractivity contribution in [3.63, 3.8) is 0 Å². The highest BCUT2D eigenvalue weighted by atomic mass is 16.5. The summed E-state index contributed by atoms with van der Waals surface area (Å²) in [6.45, 7) is 1.42. The second kappa shape index (κ2) is 10.1. The number of carboxylic acid groups (broad SMARTS) is 1. The molecule has 3 rings (SSSR count). The molecule has 1 aliphatic carbocycles. The molecule has 1 unspecified atom stereocenters. The van der Waals surface area contributed by atoms with Crippen molar-refractivity contribution in [3.8, 4) is 11.1 Å². The van der Waals surface area contributed by atoms with Gasteiger partial charge in [-0.25, -0.2) is 9.59 Å². The Bertz CT molecular complexity index is 915. The van der Waals surface area contributed by atoms with Gasteiger partial charge in [0.05, 0.1) is 0 Å². The molecule has 31 heavy (non-hydrogen) atoms. The highest BCUT2D eigenvalue weighted by Gasteiger charge is 2.30. The Labute approximate surface area is 180 Å². The number of benzene rings is 2. The van der Waals surface area contributed by atoms with Crippen LogP contribution in [0.5, 0.6) is 0 Å². The van der Waals surface area contributed by atoms with Crippen LogP contribution in [-0.2, 0) is 14.3 Å². The van der Waals surface area contributed by atoms with E-state index in [9.17, 15) is 14.4 Å². The number of carbonyl (C=O) groups excluding carboxylic acids is 2. The molecule has 0 radical (unpaired) electrons. The zero-order valence-corrected chi connectivity index (χ0v) is 17.2. The first-order valence-electron chi connectivity index (χ1n) is 10.2. The molecule has 0 bridgehead atoms. The van der Waals surface area contributed by atoms with Crippen LogP contribution in [0.15, 0.2) is 48.5 Å². The molecule has 164 valence electrons. The van der Waals surface area contributed by atoms with Crippen LogP contribution in [0.1, 0.15) is 36.8 Å². The average molecular weight is 426 g/mol. The van der Waals surface area contributed by atoms with Crippen LogP contribution in [0.25, 0.3) is 11.1 Å². The lowest BCUT2D eigenvalue weighted by molar-refractivity contribution is -0.142. The smallest absolute Gasteiger partial charge is 0.407 e. The van der Waals surface area contributed by atoms with Gasteiger partial charge in [0.15, 0.2) is 0 Å². The molecule has 8 heteroatoms. The summed E-state index contributed by atoms with van der Waals surface area (Å²) in [4.78, 5) is 35.9. The third-order valence-corrected chi connectivity index (χ3v) is 5.39. The predicted octanol–water partition coefficient (Wildman–Crippen LogP) is 2.26. The molecule has 4 N–H and O–H groups in total. The normalized spacial score (nSPS) is 14.1. The Morgan fingerprint density at radius 2 is 1.55 bits per heavy atom. The van der Waals surface area contributed by atoms with Gasteiger partial charge in [0.1, 0.15) is 18.7 Å². The van der Waals surface area contributed by atoms with Gasteiger partial charge in [-0.3, -0.25) is 4.79 Å². The number of carboxylic acids is 1. The van der Waals surface area contributed by atoms with E-state index in [-0.39, 0.29) is 32.0 Å². The van der Waals surface area contributed by atoms with E-state index in [2.05, 4.69) is 10.6 Å². The van der Waals surface area contributed by atoms with Gasteiger partial charge in [0.2, 0.25) is 5.91 Å². The number of amides is 2. The first-order valence-corrected chi connectivity index (χ1v) is 10.2. The minimum absolute atomic E-state index is 0.104. The van der Waals surface area contributed by atoms with E-state index in [0.29, 0.717) is 0 Å². The lowest BCUT2D eigenvalue weighted by Crippen LogP contribution is -2.51. The average Bonchev–Trinajstić information content (AvgIpc) is 3.09. The minimum Gasteiger partial charge on any atom is -0.480 e. The van der Waals surface area contributed by atoms with E-state index in [1.807, 2.05) is 48.5 Å². The molecule has 0 fully saturated rings. The quantitative estimate of drug-likeness (QED) is 0.487. The van der Waals surface area contributed by atoms with Crippen molar-refractivity contribution >= 4 is 18.0 Å². The van der Waals surface area contributed by atoms with Gasteiger partial charge in [-0.15, -0.1) is 0 Å². The lowest BCUT2D eigenvalue weighted by atomic mass is 9.98. The van der Waals surface area contributed by atoms with Crippen LogP contribution in [0.3, 0.4) is 0 Å². The van der Waals surface area contributed by atoms with E-state index in [4.69, 9.17) is 14.9 Å². The third kappa shape index (κ3) is 5.03. The molecule has 1 aliphatic rings. The summed E-state index contributed by atoms with van der Waals surface area (Å²) in [5, 5.41) is 22.9. The fourth-order valence-corrected chi connectivity index (χ4v) is 3.79. The number of alkyl carbamates (subject to hydrolysis) is 1. The van der Waals surface area contributed by atoms with Gasteiger partial charge < -0.3 is 25.6 Å². The lowest BCUT2D eigenvalue weighted by Gasteiger charge is -2.20. The molecule has 2 aromatic carbocycles. The van der Waals surface area contributed by atoms with Crippen molar-refractivity contribution in [2.45, 2.75) is 37.8 Å². The fourth-order valence-electron chi connectivity index (χ4n) is 3.79. The topological polar surface area (TPSA) is 125 Å². The van der Waals surface area contributed by atoms with Crippen molar-refractivity contribution < 1.29 is 29.3 Å². The zero-order chi connectivity index (χ0) is 22.4. The molecule has 0 aromatic heterocycles. The Morgan fingerprint density at radius 1 is 0.968 bits per heavy atom. The van der Waals surface area contributed by atoms with Gasteiger partial charge in [0, 0.05) is 18.9 Å². The van der Waals surface area contributed by atoms with Gasteiger partial charge in [-0.05, 0) is 28.7 Å². The number of hydrogen-bond donors (Lipinski definition) is 4. The number of aliphatic carboxylic acids is 1. The molecule has 0 spiro atoms. The maximum Gasteiger partial charge on any atom is 0.407 e. The number of ether oxygens (including phenoxy) is 1. The van der Waals surface area contributed by atoms with Crippen LogP contribution < -0.4 is 10.6 Å². The first-order chi connectivity index (χ1) is 15.0. The monoisotopic (exact) mass is 426 g/mol. The predicted molar refractivity (Wildman–Crippen MR) is 114 cm³/mol. The van der Waals surface area contributed by atoms with Gasteiger partial charge >= 0.3 is 12.1 Å². The van der Waals surface area contributed by atoms with Crippen molar-refractivity contribution in [2.24, 2.45) is 0 Å². The molecule has 0 saturated heterocycles. The van der Waals surface area contributed by atoms with Gasteiger partial charge in [-0.1, -0.05) is 55.5 Å². The number of nitrogens with one attached hydrogen (secondary N) is 2. The minimum atomic E-state index is -1.25. The molecule has 0 saturated carbocycles. The van der Waals surface area contributed by atoms with Crippen LogP contribution in [-0.4, -0.2) is 53.5 Å². The van der Waals surface area contributed by atoms with Crippen LogP contribution in [0.2, 0.25) is 0 Å². The standard InChI is InChI=1S/C23H26N2O6/c1-2-19(21(27)24-20(11-12-26)22(28)29)25-23(30)31-13-18-16-9-5-3-7-14(16)15-8-4-6-10-17(15)18/h3-10,18-20,26H,2,11-13H2,1H3,(H,24,27)(H,25,30)(H,28,29)/t19-,20?/m0/s1. The summed E-state index contributed by atoms with van der Waals surface area (Å²) in [6.07, 6.45) is -0.623. The van der Waals surface area contributed by atoms with E-state index in [1.165, 1.54) is 0 Å². The largest absolute Gasteiger partial charge is 0.480 e. The molecule has 2 atom stereocenters. The fraction of sp³-hybridized carbons (Fsp3) is 0.348. The van der Waals surface area contributed by atoms with Crippen LogP contribution in [0.4, 0.5) is 4.79 Å². The number of aliphatic hydroxyl groups is 1. The Hall–Kier alpha value is -3.39. The van der Waals surface area contributed by atoms with E-state index in [1.54, 1.807) is 6.92 Å². The Kier molecular flexibility index (Phi) is 7.25. The second-order valence-electron chi connectivity index (χ2n) is 7.34. The number of fused-ring (bicyclic) bond motifs is 3. The molecule has 0 heterocycles. The van der Waals surface area contributed by atoms with Crippen molar-refractivity contribution in [3.05, 3.63) is 59.7 Å². The van der Waals surface area contributed by atoms with Gasteiger partial charge in [-0.2, -0.15) is 0 Å². The molecule has 8 nitrogen and oxygen atoms in total. The van der Waals surface area contributed by atoms with Crippen LogP contribution in [0, 0.1) is 0 Å². The van der Waals surface area contributed by atoms with E-state index in [0.717, 1.165) is 22.3 Å². The maximum absolute atomic E-state index is 12.4. The Morgan fingerprint density at radius 3 is 2.06 bits per heavy atom. The highest BCUT2D eigenvalue weighted by molar-refractivity contribution is 5.89. The number of aliphatic hydroxyl groups excluding tert-OH is 1. The maximum atomic E-state index is 12.4. The summed E-state index contributed by atoms with van der Waals surface area (Å²) in [5.41, 5.74) is 4.38. The zero-order valence-electron chi connectivity index (χ0n) is 17.2. The summed E-state index contributed by atoms with van der Waals surface area (Å²) in [7, 11) is 0. The number of carbonyl (C=O) groups is 3. The Balaban J connectivity index is 1.62. The van der Waals surface area contributed by atoms with Gasteiger partial charge in [0.25, 0.3) is 0 Å². The van der Waals surface area contributed by atoms with Crippen molar-refractivity contribution in [1.82, 2.24) is 10.6 Å². The summed E-state index contributed by atoms with van der Waals surface area (Å²) in [5.74, 6) is -2.00. The number of hydrogen-bond acceptors (Lipinski definition) is 5. The third-order valence-electron chi connectivity index (χ3n) is 5.39. The van der Waals surface area contributed by atoms with E-state index >= 15 is 0 Å². The van der Waals surface area contributed by atoms with Crippen molar-refractivity contribution in [2.75, 3.05) is 13.2 Å². The molecule has 2 amide bonds. The molecular weight excluding hydrogens is 400 g/mol. The van der Waals surface area contributed by atoms with Crippen molar-refractivity contribution in [1.29, 1.82) is 0 Å². The van der Waals surface area contributed by atoms with Crippen LogP contribution >= 0.6 is 0 Å². The summed E-state index contributed by atoms with van der Waals surface area (Å²) in [6, 6.07) is 13.8. The number of rotatable bonds is 9. The summed E-state index contributed by atoms with van der Waals surface area (Å²) >= 11 is 0. The molecular formula is C23H26N2O6. The highest BCUT2D eigenvalue weighted by Crippen LogP contribution is 2.44. The SMILES string of the molecule is CC[C@H](NC(=O)OCC1c2ccccc2-c2ccccc21)C(=O)NC(CCO)C(=O)O. The summed E-state index contributed by atoms with van der Waals surface area (Å²) < 4.78 is 5.44. The second-order valence-corrected chi connectivity index (χ2v) is 7.34. The molecule has 0 aliphatic heterocycles. The molecule has 2 aromatic rings.